The van der Waals surface area contributed by atoms with Crippen molar-refractivity contribution in [3.63, 3.8) is 0 Å². The van der Waals surface area contributed by atoms with Gasteiger partial charge in [0, 0.05) is 14.2 Å². The molecule has 0 saturated carbocycles. The molecular formula is C17H34O4. The van der Waals surface area contributed by atoms with E-state index in [9.17, 15) is 0 Å². The van der Waals surface area contributed by atoms with Gasteiger partial charge in [-0.25, -0.2) is 0 Å². The summed E-state index contributed by atoms with van der Waals surface area (Å²) in [7, 11) is 3.39. The molecule has 126 valence electrons. The summed E-state index contributed by atoms with van der Waals surface area (Å²) in [5, 5.41) is 0. The number of rotatable bonds is 11. The molecule has 0 N–H and O–H groups in total. The Bertz CT molecular complexity index is 253. The summed E-state index contributed by atoms with van der Waals surface area (Å²) < 4.78 is 22.1. The molecule has 3 unspecified atom stereocenters. The first kappa shape index (κ1) is 18.9. The van der Waals surface area contributed by atoms with Crippen LogP contribution in [0.1, 0.15) is 59.3 Å². The van der Waals surface area contributed by atoms with E-state index in [2.05, 4.69) is 20.8 Å². The van der Waals surface area contributed by atoms with Crippen LogP contribution in [0, 0.1) is 11.8 Å². The van der Waals surface area contributed by atoms with Gasteiger partial charge in [0.25, 0.3) is 0 Å². The third kappa shape index (κ3) is 8.15. The first-order valence-corrected chi connectivity index (χ1v) is 8.37. The van der Waals surface area contributed by atoms with Crippen molar-refractivity contribution >= 4 is 0 Å². The van der Waals surface area contributed by atoms with Crippen LogP contribution >= 0.6 is 0 Å². The maximum Gasteiger partial charge on any atom is 0.158 e. The fourth-order valence-electron chi connectivity index (χ4n) is 2.78. The van der Waals surface area contributed by atoms with Crippen molar-refractivity contribution in [1.29, 1.82) is 0 Å². The number of hydrogen-bond acceptors (Lipinski definition) is 4. The average Bonchev–Trinajstić information content (AvgIpc) is 2.89. The van der Waals surface area contributed by atoms with Crippen molar-refractivity contribution in [3.05, 3.63) is 0 Å². The lowest BCUT2D eigenvalue weighted by molar-refractivity contribution is -0.107. The van der Waals surface area contributed by atoms with Gasteiger partial charge in [0.15, 0.2) is 12.6 Å². The Morgan fingerprint density at radius 2 is 1.76 bits per heavy atom. The van der Waals surface area contributed by atoms with E-state index in [1.165, 1.54) is 12.8 Å². The summed E-state index contributed by atoms with van der Waals surface area (Å²) in [6, 6.07) is 0. The predicted octanol–water partition coefficient (Wildman–Crippen LogP) is 3.98. The molecular weight excluding hydrogens is 268 g/mol. The van der Waals surface area contributed by atoms with Crippen molar-refractivity contribution in [1.82, 2.24) is 0 Å². The minimum absolute atomic E-state index is 0.0240. The summed E-state index contributed by atoms with van der Waals surface area (Å²) in [5.74, 6) is 1.36. The van der Waals surface area contributed by atoms with Gasteiger partial charge < -0.3 is 18.9 Å². The quantitative estimate of drug-likeness (QED) is 0.541. The third-order valence-electron chi connectivity index (χ3n) is 4.12. The van der Waals surface area contributed by atoms with Crippen molar-refractivity contribution in [3.8, 4) is 0 Å². The molecule has 0 aliphatic carbocycles. The second-order valence-corrected chi connectivity index (χ2v) is 6.66. The van der Waals surface area contributed by atoms with Gasteiger partial charge in [-0.05, 0) is 43.9 Å². The monoisotopic (exact) mass is 302 g/mol. The molecule has 0 aromatic carbocycles. The second kappa shape index (κ2) is 10.5. The molecule has 1 aliphatic rings. The molecule has 4 heteroatoms. The van der Waals surface area contributed by atoms with E-state index in [0.717, 1.165) is 32.3 Å². The standard InChI is InChI=1S/C17H34O4/c1-13(2)9-10-17-20-12-15(21-17)11-14(3)7-6-8-16(18-4)19-5/h13-17H,6-12H2,1-5H3. The van der Waals surface area contributed by atoms with Crippen molar-refractivity contribution in [2.24, 2.45) is 11.8 Å². The lowest BCUT2D eigenvalue weighted by atomic mass is 9.97. The van der Waals surface area contributed by atoms with E-state index in [0.29, 0.717) is 11.8 Å². The summed E-state index contributed by atoms with van der Waals surface area (Å²) in [6.45, 7) is 7.52. The normalized spacial score (nSPS) is 24.1. The number of ether oxygens (including phenoxy) is 4. The van der Waals surface area contributed by atoms with Gasteiger partial charge >= 0.3 is 0 Å². The van der Waals surface area contributed by atoms with E-state index in [1.54, 1.807) is 14.2 Å². The molecule has 0 aromatic heterocycles. The van der Waals surface area contributed by atoms with Crippen LogP contribution in [-0.4, -0.2) is 39.5 Å². The molecule has 1 rings (SSSR count). The van der Waals surface area contributed by atoms with Crippen molar-refractivity contribution in [2.45, 2.75) is 78.0 Å². The van der Waals surface area contributed by atoms with Crippen LogP contribution < -0.4 is 0 Å². The summed E-state index contributed by atoms with van der Waals surface area (Å²) in [4.78, 5) is 0. The molecule has 1 saturated heterocycles. The highest BCUT2D eigenvalue weighted by molar-refractivity contribution is 4.69. The Labute approximate surface area is 130 Å². The molecule has 1 heterocycles. The fourth-order valence-corrected chi connectivity index (χ4v) is 2.78. The maximum absolute atomic E-state index is 5.98. The first-order valence-electron chi connectivity index (χ1n) is 8.37. The molecule has 0 bridgehead atoms. The van der Waals surface area contributed by atoms with Gasteiger partial charge in [-0.2, -0.15) is 0 Å². The van der Waals surface area contributed by atoms with E-state index in [4.69, 9.17) is 18.9 Å². The van der Waals surface area contributed by atoms with Gasteiger partial charge in [-0.15, -0.1) is 0 Å². The average molecular weight is 302 g/mol. The topological polar surface area (TPSA) is 36.9 Å². The number of hydrogen-bond donors (Lipinski definition) is 0. The van der Waals surface area contributed by atoms with Crippen LogP contribution in [0.25, 0.3) is 0 Å². The Morgan fingerprint density at radius 1 is 1.05 bits per heavy atom. The SMILES string of the molecule is COC(CCCC(C)CC1COC(CCC(C)C)O1)OC. The van der Waals surface area contributed by atoms with Gasteiger partial charge in [-0.3, -0.25) is 0 Å². The molecule has 3 atom stereocenters. The van der Waals surface area contributed by atoms with Crippen LogP contribution in [0.4, 0.5) is 0 Å². The van der Waals surface area contributed by atoms with Crippen molar-refractivity contribution in [2.75, 3.05) is 20.8 Å². The lowest BCUT2D eigenvalue weighted by Crippen LogP contribution is -2.17. The van der Waals surface area contributed by atoms with Crippen LogP contribution in [-0.2, 0) is 18.9 Å². The Kier molecular flexibility index (Phi) is 9.49. The van der Waals surface area contributed by atoms with E-state index in [-0.39, 0.29) is 18.7 Å². The molecule has 0 amide bonds. The smallest absolute Gasteiger partial charge is 0.158 e. The number of methoxy groups -OCH3 is 2. The summed E-state index contributed by atoms with van der Waals surface area (Å²) in [6.07, 6.45) is 6.77. The fraction of sp³-hybridized carbons (Fsp3) is 1.00. The zero-order valence-corrected chi connectivity index (χ0v) is 14.5. The highest BCUT2D eigenvalue weighted by Crippen LogP contribution is 2.24. The van der Waals surface area contributed by atoms with Gasteiger partial charge in [0.05, 0.1) is 12.7 Å². The zero-order valence-electron chi connectivity index (χ0n) is 14.5. The summed E-state index contributed by atoms with van der Waals surface area (Å²) in [5.41, 5.74) is 0. The first-order chi connectivity index (χ1) is 10.0. The van der Waals surface area contributed by atoms with Crippen LogP contribution in [0.2, 0.25) is 0 Å². The molecule has 1 fully saturated rings. The highest BCUT2D eigenvalue weighted by atomic mass is 16.7. The molecule has 0 spiro atoms. The minimum Gasteiger partial charge on any atom is -0.356 e. The predicted molar refractivity (Wildman–Crippen MR) is 84.1 cm³/mol. The molecule has 21 heavy (non-hydrogen) atoms. The summed E-state index contributed by atoms with van der Waals surface area (Å²) >= 11 is 0. The van der Waals surface area contributed by atoms with E-state index >= 15 is 0 Å². The molecule has 0 aromatic rings. The second-order valence-electron chi connectivity index (χ2n) is 6.66. The van der Waals surface area contributed by atoms with Crippen LogP contribution in [0.3, 0.4) is 0 Å². The van der Waals surface area contributed by atoms with Crippen LogP contribution in [0.5, 0.6) is 0 Å². The largest absolute Gasteiger partial charge is 0.356 e. The Balaban J connectivity index is 2.11. The maximum atomic E-state index is 5.98. The molecule has 4 nitrogen and oxygen atoms in total. The van der Waals surface area contributed by atoms with E-state index < -0.39 is 0 Å². The highest BCUT2D eigenvalue weighted by Gasteiger charge is 2.27. The van der Waals surface area contributed by atoms with Gasteiger partial charge in [0.1, 0.15) is 0 Å². The van der Waals surface area contributed by atoms with Crippen molar-refractivity contribution < 1.29 is 18.9 Å². The Hall–Kier alpha value is -0.160. The van der Waals surface area contributed by atoms with Gasteiger partial charge in [0.2, 0.25) is 0 Å². The third-order valence-corrected chi connectivity index (χ3v) is 4.12. The van der Waals surface area contributed by atoms with Crippen LogP contribution in [0.15, 0.2) is 0 Å². The minimum atomic E-state index is -0.0660. The lowest BCUT2D eigenvalue weighted by Gasteiger charge is -2.18. The molecule has 1 aliphatic heterocycles. The molecule has 0 radical (unpaired) electrons. The zero-order chi connectivity index (χ0) is 15.7. The van der Waals surface area contributed by atoms with Gasteiger partial charge in [-0.1, -0.05) is 27.2 Å². The Morgan fingerprint density at radius 3 is 2.38 bits per heavy atom. The van der Waals surface area contributed by atoms with E-state index in [1.807, 2.05) is 0 Å².